The van der Waals surface area contributed by atoms with Crippen LogP contribution in [0.5, 0.6) is 0 Å². The molecule has 16 heavy (non-hydrogen) atoms. The van der Waals surface area contributed by atoms with Crippen molar-refractivity contribution in [1.29, 1.82) is 0 Å². The first-order chi connectivity index (χ1) is 7.52. The second kappa shape index (κ2) is 3.91. The molecule has 84 valence electrons. The molecule has 3 nitrogen and oxygen atoms in total. The zero-order valence-electron chi connectivity index (χ0n) is 9.16. The minimum atomic E-state index is -0.475. The van der Waals surface area contributed by atoms with Gasteiger partial charge in [0.05, 0.1) is 16.3 Å². The van der Waals surface area contributed by atoms with E-state index in [9.17, 15) is 9.59 Å². The van der Waals surface area contributed by atoms with Crippen LogP contribution in [-0.4, -0.2) is 18.2 Å². The lowest BCUT2D eigenvalue weighted by Crippen LogP contribution is -2.33. The maximum absolute atomic E-state index is 11.8. The molecule has 1 aromatic carbocycles. The number of hydrogen-bond donors (Lipinski definition) is 0. The number of para-hydroxylation sites is 1. The molecule has 0 N–H and O–H groups in total. The van der Waals surface area contributed by atoms with E-state index in [1.165, 1.54) is 4.90 Å². The predicted molar refractivity (Wildman–Crippen MR) is 63.0 cm³/mol. The summed E-state index contributed by atoms with van der Waals surface area (Å²) in [4.78, 5) is 24.9. The van der Waals surface area contributed by atoms with Crippen molar-refractivity contribution in [2.24, 2.45) is 5.92 Å². The number of nitrogens with zero attached hydrogens (tertiary/aromatic N) is 1. The number of benzene rings is 1. The fourth-order valence-corrected chi connectivity index (χ4v) is 2.13. The summed E-state index contributed by atoms with van der Waals surface area (Å²) in [7, 11) is 0. The summed E-state index contributed by atoms with van der Waals surface area (Å²) >= 11 is 6.03. The van der Waals surface area contributed by atoms with E-state index < -0.39 is 11.7 Å². The third kappa shape index (κ3) is 1.61. The number of ketones is 1. The summed E-state index contributed by atoms with van der Waals surface area (Å²) in [5, 5.41) is 0.456. The molecule has 0 radical (unpaired) electrons. The Balaban J connectivity index is 2.51. The number of carbonyl (C=O) groups excluding carboxylic acids is 2. The maximum Gasteiger partial charge on any atom is 0.299 e. The molecule has 2 rings (SSSR count). The normalized spacial score (nSPS) is 14.9. The number of rotatable bonds is 2. The molecule has 1 heterocycles. The van der Waals surface area contributed by atoms with E-state index in [0.717, 1.165) is 0 Å². The third-order valence-corrected chi connectivity index (χ3v) is 2.79. The van der Waals surface area contributed by atoms with Crippen LogP contribution in [0.15, 0.2) is 18.2 Å². The van der Waals surface area contributed by atoms with Crippen LogP contribution in [0.4, 0.5) is 5.69 Å². The number of fused-ring (bicyclic) bond motifs is 1. The van der Waals surface area contributed by atoms with Crippen molar-refractivity contribution in [3.05, 3.63) is 28.8 Å². The molecule has 0 aromatic heterocycles. The van der Waals surface area contributed by atoms with E-state index in [4.69, 9.17) is 11.6 Å². The molecule has 0 unspecified atom stereocenters. The predicted octanol–water partition coefficient (Wildman–Crippen LogP) is 2.53. The smallest absolute Gasteiger partial charge is 0.299 e. The van der Waals surface area contributed by atoms with Gasteiger partial charge in [-0.2, -0.15) is 0 Å². The summed E-state index contributed by atoms with van der Waals surface area (Å²) in [6, 6.07) is 5.02. The highest BCUT2D eigenvalue weighted by Crippen LogP contribution is 2.35. The molecule has 1 aliphatic heterocycles. The van der Waals surface area contributed by atoms with Gasteiger partial charge in [0.25, 0.3) is 11.7 Å². The van der Waals surface area contributed by atoms with E-state index in [1.807, 2.05) is 13.8 Å². The minimum Gasteiger partial charge on any atom is -0.303 e. The van der Waals surface area contributed by atoms with E-state index >= 15 is 0 Å². The fraction of sp³-hybridized carbons (Fsp3) is 0.333. The quantitative estimate of drug-likeness (QED) is 0.742. The molecule has 0 spiro atoms. The SMILES string of the molecule is CC(C)CN1C(=O)C(=O)c2cccc(Cl)c21. The van der Waals surface area contributed by atoms with Gasteiger partial charge in [-0.1, -0.05) is 31.5 Å². The van der Waals surface area contributed by atoms with Gasteiger partial charge in [0.2, 0.25) is 0 Å². The summed E-state index contributed by atoms with van der Waals surface area (Å²) in [5.74, 6) is -0.645. The van der Waals surface area contributed by atoms with Crippen molar-refractivity contribution < 1.29 is 9.59 Å². The summed E-state index contributed by atoms with van der Waals surface area (Å²) in [5.41, 5.74) is 0.978. The summed E-state index contributed by atoms with van der Waals surface area (Å²) in [6.45, 7) is 4.50. The van der Waals surface area contributed by atoms with E-state index in [1.54, 1.807) is 18.2 Å². The van der Waals surface area contributed by atoms with Gasteiger partial charge >= 0.3 is 0 Å². The Bertz CT molecular complexity index is 468. The van der Waals surface area contributed by atoms with Crippen molar-refractivity contribution >= 4 is 29.0 Å². The highest BCUT2D eigenvalue weighted by molar-refractivity contribution is 6.54. The van der Waals surface area contributed by atoms with Gasteiger partial charge in [-0.05, 0) is 18.1 Å². The van der Waals surface area contributed by atoms with Gasteiger partial charge in [0.1, 0.15) is 0 Å². The van der Waals surface area contributed by atoms with Crippen LogP contribution in [0.1, 0.15) is 24.2 Å². The van der Waals surface area contributed by atoms with Crippen LogP contribution >= 0.6 is 11.6 Å². The first kappa shape index (κ1) is 11.1. The minimum absolute atomic E-state index is 0.291. The van der Waals surface area contributed by atoms with Gasteiger partial charge in [-0.15, -0.1) is 0 Å². The van der Waals surface area contributed by atoms with Crippen molar-refractivity contribution in [2.45, 2.75) is 13.8 Å². The third-order valence-electron chi connectivity index (χ3n) is 2.49. The van der Waals surface area contributed by atoms with E-state index in [-0.39, 0.29) is 0 Å². The second-order valence-electron chi connectivity index (χ2n) is 4.27. The summed E-state index contributed by atoms with van der Waals surface area (Å²) in [6.07, 6.45) is 0. The first-order valence-corrected chi connectivity index (χ1v) is 5.55. The van der Waals surface area contributed by atoms with Crippen LogP contribution in [0, 0.1) is 5.92 Å². The standard InChI is InChI=1S/C12H12ClNO2/c1-7(2)6-14-10-8(11(15)12(14)16)4-3-5-9(10)13/h3-5,7H,6H2,1-2H3. The molecular weight excluding hydrogens is 226 g/mol. The van der Waals surface area contributed by atoms with Gasteiger partial charge in [0, 0.05) is 6.54 Å². The zero-order valence-corrected chi connectivity index (χ0v) is 9.91. The van der Waals surface area contributed by atoms with Crippen molar-refractivity contribution in [2.75, 3.05) is 11.4 Å². The highest BCUT2D eigenvalue weighted by Gasteiger charge is 2.37. The largest absolute Gasteiger partial charge is 0.303 e. The second-order valence-corrected chi connectivity index (χ2v) is 4.68. The van der Waals surface area contributed by atoms with Crippen LogP contribution in [0.3, 0.4) is 0 Å². The van der Waals surface area contributed by atoms with Crippen LogP contribution in [0.25, 0.3) is 0 Å². The first-order valence-electron chi connectivity index (χ1n) is 5.17. The molecule has 1 amide bonds. The van der Waals surface area contributed by atoms with Gasteiger partial charge in [-0.3, -0.25) is 9.59 Å². The molecule has 0 fully saturated rings. The van der Waals surface area contributed by atoms with Crippen LogP contribution in [-0.2, 0) is 4.79 Å². The lowest BCUT2D eigenvalue weighted by molar-refractivity contribution is -0.114. The van der Waals surface area contributed by atoms with Crippen molar-refractivity contribution in [3.63, 3.8) is 0 Å². The Labute approximate surface area is 99.0 Å². The number of hydrogen-bond acceptors (Lipinski definition) is 2. The van der Waals surface area contributed by atoms with Gasteiger partial charge < -0.3 is 4.90 Å². The zero-order chi connectivity index (χ0) is 11.9. The monoisotopic (exact) mass is 237 g/mol. The molecule has 0 aliphatic carbocycles. The summed E-state index contributed by atoms with van der Waals surface area (Å²) < 4.78 is 0. The van der Waals surface area contributed by atoms with Crippen LogP contribution < -0.4 is 4.90 Å². The van der Waals surface area contributed by atoms with Crippen LogP contribution in [0.2, 0.25) is 5.02 Å². The molecule has 1 aromatic rings. The molecule has 0 bridgehead atoms. The topological polar surface area (TPSA) is 37.4 Å². The molecule has 0 saturated carbocycles. The maximum atomic E-state index is 11.8. The van der Waals surface area contributed by atoms with E-state index in [2.05, 4.69) is 0 Å². The Morgan fingerprint density at radius 2 is 2.00 bits per heavy atom. The molecule has 4 heteroatoms. The Morgan fingerprint density at radius 1 is 1.31 bits per heavy atom. The molecular formula is C12H12ClNO2. The number of amides is 1. The Morgan fingerprint density at radius 3 is 2.62 bits per heavy atom. The number of Topliss-reactive ketones (excluding diaryl/α,β-unsaturated/α-hetero) is 1. The lowest BCUT2D eigenvalue weighted by atomic mass is 10.1. The molecule has 1 aliphatic rings. The average Bonchev–Trinajstić information content (AvgIpc) is 2.45. The molecule has 0 saturated heterocycles. The van der Waals surface area contributed by atoms with Gasteiger partial charge in [-0.25, -0.2) is 0 Å². The highest BCUT2D eigenvalue weighted by atomic mass is 35.5. The van der Waals surface area contributed by atoms with E-state index in [0.29, 0.717) is 28.7 Å². The van der Waals surface area contributed by atoms with Gasteiger partial charge in [0.15, 0.2) is 0 Å². The fourth-order valence-electron chi connectivity index (χ4n) is 1.85. The number of carbonyl (C=O) groups is 2. The molecule has 0 atom stereocenters. The Hall–Kier alpha value is -1.35. The lowest BCUT2D eigenvalue weighted by Gasteiger charge is -2.19. The van der Waals surface area contributed by atoms with Crippen molar-refractivity contribution in [1.82, 2.24) is 0 Å². The number of anilines is 1. The number of halogens is 1. The average molecular weight is 238 g/mol. The Kier molecular flexibility index (Phi) is 2.72. The van der Waals surface area contributed by atoms with Crippen molar-refractivity contribution in [3.8, 4) is 0 Å².